The van der Waals surface area contributed by atoms with Crippen LogP contribution in [0.25, 0.3) is 44.2 Å². The van der Waals surface area contributed by atoms with Gasteiger partial charge in [-0.1, -0.05) is 18.2 Å². The van der Waals surface area contributed by atoms with E-state index in [1.165, 1.54) is 6.33 Å². The molecule has 0 aliphatic carbocycles. The topological polar surface area (TPSA) is 156 Å². The van der Waals surface area contributed by atoms with Crippen molar-refractivity contribution < 1.29 is 9.15 Å². The number of anilines is 2. The third-order valence-electron chi connectivity index (χ3n) is 7.20. The lowest BCUT2D eigenvalue weighted by Crippen LogP contribution is -2.34. The Labute approximate surface area is 223 Å². The second-order valence-electron chi connectivity index (χ2n) is 9.86. The Morgan fingerprint density at radius 1 is 1.05 bits per heavy atom. The molecule has 1 saturated heterocycles. The Bertz CT molecular complexity index is 1850. The van der Waals surface area contributed by atoms with Gasteiger partial charge in [-0.2, -0.15) is 10.1 Å². The molecular weight excluding hydrogens is 494 g/mol. The van der Waals surface area contributed by atoms with Gasteiger partial charge in [-0.25, -0.2) is 19.6 Å². The number of aromatic nitrogens is 6. The fourth-order valence-electron chi connectivity index (χ4n) is 5.33. The Kier molecular flexibility index (Phi) is 5.51. The van der Waals surface area contributed by atoms with Gasteiger partial charge in [0.25, 0.3) is 6.01 Å². The number of piperidine rings is 1. The predicted octanol–water partition coefficient (Wildman–Crippen LogP) is 3.83. The van der Waals surface area contributed by atoms with Gasteiger partial charge in [0.2, 0.25) is 5.88 Å². The van der Waals surface area contributed by atoms with E-state index in [0.29, 0.717) is 46.1 Å². The minimum atomic E-state index is 0.112. The van der Waals surface area contributed by atoms with Crippen molar-refractivity contribution in [1.82, 2.24) is 35.0 Å². The number of benzene rings is 2. The summed E-state index contributed by atoms with van der Waals surface area (Å²) in [7, 11) is 0. The van der Waals surface area contributed by atoms with Gasteiger partial charge in [0.1, 0.15) is 29.5 Å². The second-order valence-corrected chi connectivity index (χ2v) is 9.86. The van der Waals surface area contributed by atoms with Crippen LogP contribution in [0.1, 0.15) is 24.1 Å². The van der Waals surface area contributed by atoms with Crippen LogP contribution in [0.2, 0.25) is 0 Å². The highest BCUT2D eigenvalue weighted by Gasteiger charge is 2.21. The van der Waals surface area contributed by atoms with Crippen LogP contribution in [-0.2, 0) is 6.54 Å². The zero-order valence-corrected chi connectivity index (χ0v) is 21.4. The largest absolute Gasteiger partial charge is 0.474 e. The third-order valence-corrected chi connectivity index (χ3v) is 7.20. The molecule has 196 valence electrons. The van der Waals surface area contributed by atoms with Gasteiger partial charge in [-0.15, -0.1) is 0 Å². The molecule has 7 rings (SSSR count). The normalized spacial score (nSPS) is 14.5. The first-order chi connectivity index (χ1) is 19.0. The van der Waals surface area contributed by atoms with Gasteiger partial charge < -0.3 is 25.9 Å². The van der Waals surface area contributed by atoms with Crippen LogP contribution in [-0.4, -0.2) is 48.9 Å². The maximum absolute atomic E-state index is 6.50. The number of oxazole rings is 1. The molecule has 0 saturated carbocycles. The molecule has 0 bridgehead atoms. The van der Waals surface area contributed by atoms with Crippen LogP contribution in [0.3, 0.4) is 0 Å². The first-order valence-electron chi connectivity index (χ1n) is 12.9. The van der Waals surface area contributed by atoms with Crippen LogP contribution in [0.5, 0.6) is 5.88 Å². The van der Waals surface area contributed by atoms with Gasteiger partial charge in [0.15, 0.2) is 11.2 Å². The van der Waals surface area contributed by atoms with E-state index in [2.05, 4.69) is 51.5 Å². The molecule has 11 heteroatoms. The molecule has 1 aliphatic rings. The summed E-state index contributed by atoms with van der Waals surface area (Å²) in [6.07, 6.45) is 3.47. The van der Waals surface area contributed by atoms with Crippen LogP contribution in [0.4, 0.5) is 11.8 Å². The zero-order chi connectivity index (χ0) is 26.5. The van der Waals surface area contributed by atoms with Gasteiger partial charge in [-0.05, 0) is 68.1 Å². The first-order valence-corrected chi connectivity index (χ1v) is 12.9. The Morgan fingerprint density at radius 3 is 2.79 bits per heavy atom. The summed E-state index contributed by atoms with van der Waals surface area (Å²) < 4.78 is 13.7. The van der Waals surface area contributed by atoms with Gasteiger partial charge in [0, 0.05) is 10.9 Å². The molecule has 0 atom stereocenters. The molecule has 5 N–H and O–H groups in total. The lowest BCUT2D eigenvalue weighted by molar-refractivity contribution is 0.158. The van der Waals surface area contributed by atoms with E-state index >= 15 is 0 Å². The monoisotopic (exact) mass is 521 g/mol. The average Bonchev–Trinajstić information content (AvgIpc) is 3.49. The van der Waals surface area contributed by atoms with Crippen LogP contribution in [0, 0.1) is 6.92 Å². The van der Waals surface area contributed by atoms with Gasteiger partial charge >= 0.3 is 0 Å². The fraction of sp³-hybridized carbons (Fsp3) is 0.250. The van der Waals surface area contributed by atoms with Crippen molar-refractivity contribution in [1.29, 1.82) is 0 Å². The van der Waals surface area contributed by atoms with E-state index in [0.717, 1.165) is 53.5 Å². The Morgan fingerprint density at radius 2 is 1.92 bits per heavy atom. The number of pyridine rings is 1. The standard InChI is InChI=1S/C28H27N9O2/c1-15-3-2-4-16-11-18(34-27(22(15)16)38-19-7-9-31-10-8-19)13-37-26-23(25(29)32-14-33-26)24(36-37)17-5-6-21-20(12-17)35-28(30)39-21/h2-6,11-12,14,19,31H,7-10,13H2,1H3,(H2,30,35)(H2,29,32,33). The molecule has 11 nitrogen and oxygen atoms in total. The molecule has 1 aliphatic heterocycles. The Hall–Kier alpha value is -4.77. The number of nitrogens with one attached hydrogen (secondary N) is 1. The molecule has 2 aromatic carbocycles. The maximum Gasteiger partial charge on any atom is 0.292 e. The van der Waals surface area contributed by atoms with Crippen molar-refractivity contribution in [2.75, 3.05) is 24.6 Å². The number of hydrogen-bond donors (Lipinski definition) is 3. The lowest BCUT2D eigenvalue weighted by Gasteiger charge is -2.24. The molecule has 4 aromatic heterocycles. The quantitative estimate of drug-likeness (QED) is 0.305. The highest BCUT2D eigenvalue weighted by molar-refractivity contribution is 5.99. The third kappa shape index (κ3) is 4.16. The number of nitrogen functional groups attached to an aromatic ring is 2. The maximum atomic E-state index is 6.50. The van der Waals surface area contributed by atoms with Crippen molar-refractivity contribution in [2.24, 2.45) is 0 Å². The van der Waals surface area contributed by atoms with Crippen molar-refractivity contribution >= 4 is 44.7 Å². The summed E-state index contributed by atoms with van der Waals surface area (Å²) in [4.78, 5) is 18.0. The fourth-order valence-corrected chi connectivity index (χ4v) is 5.33. The minimum absolute atomic E-state index is 0.112. The molecular formula is C28H27N9O2. The SMILES string of the molecule is Cc1cccc2cc(Cn3nc(-c4ccc5oc(N)nc5c4)c4c(N)ncnc43)nc(OC3CCNCC3)c12. The van der Waals surface area contributed by atoms with Gasteiger partial charge in [-0.3, -0.25) is 0 Å². The summed E-state index contributed by atoms with van der Waals surface area (Å²) in [6.45, 7) is 4.35. The number of ether oxygens (including phenoxy) is 1. The summed E-state index contributed by atoms with van der Waals surface area (Å²) in [6, 6.07) is 14.0. The molecule has 5 heterocycles. The molecule has 0 radical (unpaired) electrons. The number of nitrogens with zero attached hydrogens (tertiary/aromatic N) is 6. The highest BCUT2D eigenvalue weighted by Crippen LogP contribution is 2.34. The number of fused-ring (bicyclic) bond motifs is 3. The van der Waals surface area contributed by atoms with E-state index in [1.54, 1.807) is 0 Å². The second kappa shape index (κ2) is 9.21. The molecule has 1 fully saturated rings. The number of aryl methyl sites for hydroxylation is 1. The van der Waals surface area contributed by atoms with E-state index in [9.17, 15) is 0 Å². The summed E-state index contributed by atoms with van der Waals surface area (Å²) in [5.41, 5.74) is 17.3. The predicted molar refractivity (Wildman–Crippen MR) is 149 cm³/mol. The van der Waals surface area contributed by atoms with Crippen LogP contribution in [0.15, 0.2) is 53.2 Å². The molecule has 39 heavy (non-hydrogen) atoms. The van der Waals surface area contributed by atoms with Gasteiger partial charge in [0.05, 0.1) is 17.6 Å². The highest BCUT2D eigenvalue weighted by atomic mass is 16.5. The minimum Gasteiger partial charge on any atom is -0.474 e. The zero-order valence-electron chi connectivity index (χ0n) is 21.4. The average molecular weight is 522 g/mol. The van der Waals surface area contributed by atoms with Crippen molar-refractivity contribution in [3.05, 3.63) is 60.0 Å². The molecule has 6 aromatic rings. The lowest BCUT2D eigenvalue weighted by atomic mass is 10.1. The first kappa shape index (κ1) is 23.4. The molecule has 0 unspecified atom stereocenters. The van der Waals surface area contributed by atoms with E-state index in [-0.39, 0.29) is 12.1 Å². The van der Waals surface area contributed by atoms with Crippen LogP contribution < -0.4 is 21.5 Å². The summed E-state index contributed by atoms with van der Waals surface area (Å²) in [5, 5.41) is 11.1. The number of rotatable bonds is 5. The van der Waals surface area contributed by atoms with Crippen molar-refractivity contribution in [3.63, 3.8) is 0 Å². The molecule has 0 amide bonds. The van der Waals surface area contributed by atoms with Crippen molar-refractivity contribution in [3.8, 4) is 17.1 Å². The number of nitrogens with two attached hydrogens (primary N) is 2. The summed E-state index contributed by atoms with van der Waals surface area (Å²) >= 11 is 0. The van der Waals surface area contributed by atoms with E-state index in [1.807, 2.05) is 22.9 Å². The smallest absolute Gasteiger partial charge is 0.292 e. The summed E-state index contributed by atoms with van der Waals surface area (Å²) in [5.74, 6) is 1.01. The van der Waals surface area contributed by atoms with E-state index in [4.69, 9.17) is 30.7 Å². The van der Waals surface area contributed by atoms with E-state index < -0.39 is 0 Å². The Balaban J connectivity index is 1.33. The van der Waals surface area contributed by atoms with Crippen LogP contribution >= 0.6 is 0 Å². The number of hydrogen-bond acceptors (Lipinski definition) is 10. The van der Waals surface area contributed by atoms with Crippen molar-refractivity contribution in [2.45, 2.75) is 32.4 Å². The molecule has 0 spiro atoms.